The first-order valence-electron chi connectivity index (χ1n) is 9.12. The van der Waals surface area contributed by atoms with Gasteiger partial charge in [-0.1, -0.05) is 19.8 Å². The van der Waals surface area contributed by atoms with Gasteiger partial charge >= 0.3 is 0 Å². The lowest BCUT2D eigenvalue weighted by molar-refractivity contribution is 0.0943. The Balaban J connectivity index is 1.89. The van der Waals surface area contributed by atoms with Gasteiger partial charge in [0.25, 0.3) is 5.91 Å². The maximum atomic E-state index is 12.3. The molecule has 26 heavy (non-hydrogen) atoms. The molecule has 0 heterocycles. The van der Waals surface area contributed by atoms with Crippen molar-refractivity contribution in [2.75, 3.05) is 7.11 Å². The number of hydrogen-bond donors (Lipinski definition) is 3. The summed E-state index contributed by atoms with van der Waals surface area (Å²) in [6.45, 7) is 6.10. The van der Waals surface area contributed by atoms with Crippen molar-refractivity contribution >= 4 is 23.2 Å². The van der Waals surface area contributed by atoms with Gasteiger partial charge in [0, 0.05) is 11.6 Å². The van der Waals surface area contributed by atoms with E-state index in [1.54, 1.807) is 25.3 Å². The molecule has 1 saturated carbocycles. The van der Waals surface area contributed by atoms with Crippen LogP contribution in [0, 0.1) is 5.92 Å². The molecule has 1 aliphatic rings. The molecule has 144 valence electrons. The van der Waals surface area contributed by atoms with Gasteiger partial charge in [-0.2, -0.15) is 0 Å². The third-order valence-corrected chi connectivity index (χ3v) is 4.73. The molecule has 0 aromatic heterocycles. The van der Waals surface area contributed by atoms with E-state index in [4.69, 9.17) is 21.7 Å². The first-order chi connectivity index (χ1) is 12.4. The number of hydrogen-bond acceptors (Lipinski definition) is 4. The van der Waals surface area contributed by atoms with Gasteiger partial charge in [0.15, 0.2) is 16.6 Å². The number of methoxy groups -OCH3 is 1. The topological polar surface area (TPSA) is 71.6 Å². The molecule has 1 aromatic carbocycles. The quantitative estimate of drug-likeness (QED) is 0.539. The van der Waals surface area contributed by atoms with Crippen molar-refractivity contribution < 1.29 is 14.3 Å². The van der Waals surface area contributed by atoms with Crippen molar-refractivity contribution in [3.63, 3.8) is 0 Å². The summed E-state index contributed by atoms with van der Waals surface area (Å²) in [5, 5.41) is 3.72. The maximum Gasteiger partial charge on any atom is 0.269 e. The molecular weight excluding hydrogens is 350 g/mol. The molecule has 3 N–H and O–H groups in total. The molecule has 1 aliphatic carbocycles. The van der Waals surface area contributed by atoms with Crippen molar-refractivity contribution in [3.05, 3.63) is 23.8 Å². The molecule has 0 aliphatic heterocycles. The van der Waals surface area contributed by atoms with Crippen LogP contribution in [0.2, 0.25) is 0 Å². The van der Waals surface area contributed by atoms with Crippen LogP contribution in [-0.2, 0) is 0 Å². The molecule has 7 heteroatoms. The van der Waals surface area contributed by atoms with Gasteiger partial charge in [0.05, 0.1) is 13.2 Å². The molecule has 0 bridgehead atoms. The number of nitrogens with one attached hydrogen (secondary N) is 3. The number of amides is 1. The minimum absolute atomic E-state index is 0.0240. The van der Waals surface area contributed by atoms with Gasteiger partial charge in [0.1, 0.15) is 0 Å². The summed E-state index contributed by atoms with van der Waals surface area (Å²) in [5.41, 5.74) is 5.87. The third kappa shape index (κ3) is 5.76. The van der Waals surface area contributed by atoms with Crippen LogP contribution in [0.25, 0.3) is 0 Å². The largest absolute Gasteiger partial charge is 0.493 e. The molecule has 1 amide bonds. The van der Waals surface area contributed by atoms with Crippen molar-refractivity contribution in [2.24, 2.45) is 5.92 Å². The molecular formula is C19H29N3O3S. The average molecular weight is 380 g/mol. The lowest BCUT2D eigenvalue weighted by Gasteiger charge is -2.30. The molecule has 2 rings (SSSR count). The van der Waals surface area contributed by atoms with Crippen molar-refractivity contribution in [1.29, 1.82) is 0 Å². The zero-order valence-corrected chi connectivity index (χ0v) is 16.7. The molecule has 0 unspecified atom stereocenters. The van der Waals surface area contributed by atoms with E-state index in [0.29, 0.717) is 34.1 Å². The summed E-state index contributed by atoms with van der Waals surface area (Å²) in [6.07, 6.45) is 4.81. The van der Waals surface area contributed by atoms with Crippen LogP contribution in [0.1, 0.15) is 56.8 Å². The normalized spacial score (nSPS) is 19.6. The molecule has 1 aromatic rings. The Morgan fingerprint density at radius 3 is 2.58 bits per heavy atom. The second-order valence-corrected chi connectivity index (χ2v) is 7.36. The van der Waals surface area contributed by atoms with Crippen LogP contribution in [0.4, 0.5) is 0 Å². The van der Waals surface area contributed by atoms with Gasteiger partial charge in [-0.3, -0.25) is 15.6 Å². The predicted molar refractivity (Wildman–Crippen MR) is 107 cm³/mol. The van der Waals surface area contributed by atoms with Crippen LogP contribution in [0.3, 0.4) is 0 Å². The minimum Gasteiger partial charge on any atom is -0.493 e. The fraction of sp³-hybridized carbons (Fsp3) is 0.579. The number of benzene rings is 1. The highest BCUT2D eigenvalue weighted by molar-refractivity contribution is 7.80. The monoisotopic (exact) mass is 379 g/mol. The van der Waals surface area contributed by atoms with Crippen molar-refractivity contribution in [1.82, 2.24) is 16.2 Å². The standard InChI is InChI=1S/C19H29N3O3S/c1-12(2)25-16-10-9-14(11-17(16)24-4)18(23)21-22-19(26)20-15-8-6-5-7-13(15)3/h9-13,15H,5-8H2,1-4H3,(H,21,23)(H2,20,22,26)/t13-,15-/m1/s1. The van der Waals surface area contributed by atoms with Crippen molar-refractivity contribution in [3.8, 4) is 11.5 Å². The zero-order valence-electron chi connectivity index (χ0n) is 15.9. The lowest BCUT2D eigenvalue weighted by atomic mass is 9.86. The van der Waals surface area contributed by atoms with E-state index in [1.165, 1.54) is 19.3 Å². The van der Waals surface area contributed by atoms with Gasteiger partial charge in [-0.25, -0.2) is 0 Å². The summed E-state index contributed by atoms with van der Waals surface area (Å²) in [5.74, 6) is 1.41. The highest BCUT2D eigenvalue weighted by Gasteiger charge is 2.21. The Labute approximate surface area is 161 Å². The SMILES string of the molecule is COc1cc(C(=O)NNC(=S)N[C@@H]2CCCC[C@H]2C)ccc1OC(C)C. The van der Waals surface area contributed by atoms with Gasteiger partial charge < -0.3 is 14.8 Å². The summed E-state index contributed by atoms with van der Waals surface area (Å²) < 4.78 is 11.0. The molecule has 0 spiro atoms. The summed E-state index contributed by atoms with van der Waals surface area (Å²) in [4.78, 5) is 12.3. The minimum atomic E-state index is -0.291. The summed E-state index contributed by atoms with van der Waals surface area (Å²) >= 11 is 5.29. The maximum absolute atomic E-state index is 12.3. The second-order valence-electron chi connectivity index (χ2n) is 6.95. The van der Waals surface area contributed by atoms with E-state index in [9.17, 15) is 4.79 Å². The van der Waals surface area contributed by atoms with Gasteiger partial charge in [-0.15, -0.1) is 0 Å². The second kappa shape index (κ2) is 9.62. The molecule has 1 fully saturated rings. The molecule has 0 radical (unpaired) electrons. The number of carbonyl (C=O) groups excluding carboxylic acids is 1. The molecule has 6 nitrogen and oxygen atoms in total. The number of carbonyl (C=O) groups is 1. The summed E-state index contributed by atoms with van der Waals surface area (Å²) in [7, 11) is 1.55. The number of thiocarbonyl (C=S) groups is 1. The van der Waals surface area contributed by atoms with E-state index in [1.807, 2.05) is 13.8 Å². The highest BCUT2D eigenvalue weighted by atomic mass is 32.1. The van der Waals surface area contributed by atoms with Crippen LogP contribution < -0.4 is 25.6 Å². The first-order valence-corrected chi connectivity index (χ1v) is 9.53. The fourth-order valence-corrected chi connectivity index (χ4v) is 3.28. The molecule has 0 saturated heterocycles. The zero-order chi connectivity index (χ0) is 19.1. The number of ether oxygens (including phenoxy) is 2. The average Bonchev–Trinajstić information content (AvgIpc) is 2.61. The van der Waals surface area contributed by atoms with Gasteiger partial charge in [-0.05, 0) is 63.0 Å². The van der Waals surface area contributed by atoms with Crippen LogP contribution in [0.15, 0.2) is 18.2 Å². The predicted octanol–water partition coefficient (Wildman–Crippen LogP) is 3.17. The Morgan fingerprint density at radius 1 is 1.19 bits per heavy atom. The van der Waals surface area contributed by atoms with E-state index in [2.05, 4.69) is 23.1 Å². The Bertz CT molecular complexity index is 636. The Kier molecular flexibility index (Phi) is 7.50. The Hall–Kier alpha value is -2.02. The van der Waals surface area contributed by atoms with E-state index < -0.39 is 0 Å². The summed E-state index contributed by atoms with van der Waals surface area (Å²) in [6, 6.07) is 5.42. The number of rotatable bonds is 5. The lowest BCUT2D eigenvalue weighted by Crippen LogP contribution is -2.51. The van der Waals surface area contributed by atoms with Crippen LogP contribution >= 0.6 is 12.2 Å². The smallest absolute Gasteiger partial charge is 0.269 e. The number of hydrazine groups is 1. The van der Waals surface area contributed by atoms with E-state index in [-0.39, 0.29) is 12.0 Å². The van der Waals surface area contributed by atoms with E-state index in [0.717, 1.165) is 6.42 Å². The van der Waals surface area contributed by atoms with Gasteiger partial charge in [0.2, 0.25) is 0 Å². The van der Waals surface area contributed by atoms with Crippen LogP contribution in [-0.4, -0.2) is 30.3 Å². The van der Waals surface area contributed by atoms with Crippen LogP contribution in [0.5, 0.6) is 11.5 Å². The first kappa shape index (κ1) is 20.3. The molecule has 2 atom stereocenters. The third-order valence-electron chi connectivity index (χ3n) is 4.51. The fourth-order valence-electron chi connectivity index (χ4n) is 3.08. The highest BCUT2D eigenvalue weighted by Crippen LogP contribution is 2.29. The van der Waals surface area contributed by atoms with E-state index >= 15 is 0 Å². The van der Waals surface area contributed by atoms with Crippen molar-refractivity contribution in [2.45, 2.75) is 58.6 Å². The Morgan fingerprint density at radius 2 is 1.92 bits per heavy atom.